The molecule has 1 unspecified atom stereocenters. The van der Waals surface area contributed by atoms with Crippen molar-refractivity contribution in [3.05, 3.63) is 47.9 Å². The smallest absolute Gasteiger partial charge is 0.311 e. The number of benzene rings is 2. The lowest BCUT2D eigenvalue weighted by atomic mass is 10.1. The predicted octanol–water partition coefficient (Wildman–Crippen LogP) is 3.42. The number of ether oxygens (including phenoxy) is 4. The number of nitrogens with zero attached hydrogens (tertiary/aromatic N) is 3. The van der Waals surface area contributed by atoms with E-state index < -0.39 is 11.9 Å². The minimum atomic E-state index is -0.564. The monoisotopic (exact) mass is 481 g/mol. The van der Waals surface area contributed by atoms with Crippen molar-refractivity contribution in [1.82, 2.24) is 10.2 Å². The van der Waals surface area contributed by atoms with Gasteiger partial charge in [0.2, 0.25) is 17.5 Å². The minimum absolute atomic E-state index is 0.0921. The molecule has 0 radical (unpaired) electrons. The fraction of sp³-hybridized carbons (Fsp3) is 0.360. The van der Waals surface area contributed by atoms with Gasteiger partial charge >= 0.3 is 5.97 Å². The molecule has 0 spiro atoms. The standard InChI is InChI=1S/C25H27N3O7/c1-5-15-6-8-18(9-7-15)28-13-17(12-22(28)29)25(30)34-14-21-26-27-24(35-21)16-10-19(31-2)23(33-4)20(11-16)32-3/h6-11,17H,5,12-14H2,1-4H3. The normalized spacial score (nSPS) is 15.3. The number of amides is 1. The lowest BCUT2D eigenvalue weighted by molar-refractivity contribution is -0.150. The van der Waals surface area contributed by atoms with Crippen LogP contribution in [0.15, 0.2) is 40.8 Å². The topological polar surface area (TPSA) is 113 Å². The van der Waals surface area contributed by atoms with Crippen molar-refractivity contribution < 1.29 is 33.0 Å². The summed E-state index contributed by atoms with van der Waals surface area (Å²) in [6, 6.07) is 11.1. The average Bonchev–Trinajstić information content (AvgIpc) is 3.53. The van der Waals surface area contributed by atoms with Gasteiger partial charge in [0.05, 0.1) is 27.2 Å². The van der Waals surface area contributed by atoms with Crippen LogP contribution in [0.3, 0.4) is 0 Å². The molecule has 3 aromatic rings. The summed E-state index contributed by atoms with van der Waals surface area (Å²) < 4.78 is 27.1. The van der Waals surface area contributed by atoms with Gasteiger partial charge < -0.3 is 28.3 Å². The Morgan fingerprint density at radius 1 is 1.06 bits per heavy atom. The van der Waals surface area contributed by atoms with Crippen molar-refractivity contribution in [2.75, 3.05) is 32.8 Å². The Labute approximate surface area is 202 Å². The SMILES string of the molecule is CCc1ccc(N2CC(C(=O)OCc3nnc(-c4cc(OC)c(OC)c(OC)c4)o3)CC2=O)cc1. The van der Waals surface area contributed by atoms with Crippen molar-refractivity contribution in [3.8, 4) is 28.7 Å². The zero-order valence-electron chi connectivity index (χ0n) is 20.1. The molecule has 1 saturated heterocycles. The van der Waals surface area contributed by atoms with E-state index >= 15 is 0 Å². The highest BCUT2D eigenvalue weighted by Crippen LogP contribution is 2.40. The van der Waals surface area contributed by atoms with E-state index in [0.29, 0.717) is 22.8 Å². The summed E-state index contributed by atoms with van der Waals surface area (Å²) in [4.78, 5) is 26.7. The quantitative estimate of drug-likeness (QED) is 0.424. The molecule has 2 aromatic carbocycles. The Balaban J connectivity index is 1.39. The third-order valence-corrected chi connectivity index (χ3v) is 5.83. The summed E-state index contributed by atoms with van der Waals surface area (Å²) in [5.74, 6) is 0.476. The first kappa shape index (κ1) is 24.1. The summed E-state index contributed by atoms with van der Waals surface area (Å²) in [5.41, 5.74) is 2.51. The predicted molar refractivity (Wildman–Crippen MR) is 125 cm³/mol. The Morgan fingerprint density at radius 2 is 1.74 bits per heavy atom. The number of hydrogen-bond acceptors (Lipinski definition) is 9. The van der Waals surface area contributed by atoms with E-state index in [0.717, 1.165) is 12.1 Å². The van der Waals surface area contributed by atoms with E-state index in [9.17, 15) is 9.59 Å². The van der Waals surface area contributed by atoms with Crippen molar-refractivity contribution >= 4 is 17.6 Å². The average molecular weight is 482 g/mol. The van der Waals surface area contributed by atoms with E-state index in [1.165, 1.54) is 26.9 Å². The first-order valence-corrected chi connectivity index (χ1v) is 11.2. The van der Waals surface area contributed by atoms with Crippen LogP contribution in [-0.4, -0.2) is 49.9 Å². The Kier molecular flexibility index (Phi) is 7.19. The number of methoxy groups -OCH3 is 3. The maximum Gasteiger partial charge on any atom is 0.311 e. The molecule has 184 valence electrons. The number of rotatable bonds is 9. The van der Waals surface area contributed by atoms with Gasteiger partial charge in [0, 0.05) is 24.2 Å². The number of hydrogen-bond donors (Lipinski definition) is 0. The number of anilines is 1. The van der Waals surface area contributed by atoms with E-state index in [2.05, 4.69) is 17.1 Å². The lowest BCUT2D eigenvalue weighted by Crippen LogP contribution is -2.26. The molecule has 4 rings (SSSR count). The molecule has 0 bridgehead atoms. The van der Waals surface area contributed by atoms with Gasteiger partial charge in [-0.1, -0.05) is 19.1 Å². The van der Waals surface area contributed by atoms with Crippen LogP contribution in [-0.2, 0) is 27.4 Å². The molecule has 1 aliphatic heterocycles. The van der Waals surface area contributed by atoms with Gasteiger partial charge in [-0.25, -0.2) is 0 Å². The number of esters is 1. The van der Waals surface area contributed by atoms with Gasteiger partial charge in [-0.15, -0.1) is 10.2 Å². The summed E-state index contributed by atoms with van der Waals surface area (Å²) in [6.45, 7) is 2.13. The van der Waals surface area contributed by atoms with Gasteiger partial charge in [-0.05, 0) is 36.2 Å². The number of aromatic nitrogens is 2. The van der Waals surface area contributed by atoms with Crippen LogP contribution in [0.4, 0.5) is 5.69 Å². The van der Waals surface area contributed by atoms with Gasteiger partial charge in [-0.3, -0.25) is 9.59 Å². The van der Waals surface area contributed by atoms with E-state index in [4.69, 9.17) is 23.4 Å². The van der Waals surface area contributed by atoms with Crippen LogP contribution < -0.4 is 19.1 Å². The molecule has 10 nitrogen and oxygen atoms in total. The third kappa shape index (κ3) is 5.06. The van der Waals surface area contributed by atoms with Crippen LogP contribution in [0.25, 0.3) is 11.5 Å². The van der Waals surface area contributed by atoms with Crippen molar-refractivity contribution in [3.63, 3.8) is 0 Å². The van der Waals surface area contributed by atoms with Gasteiger partial charge in [0.1, 0.15) is 0 Å². The van der Waals surface area contributed by atoms with Gasteiger partial charge in [0.15, 0.2) is 18.1 Å². The highest BCUT2D eigenvalue weighted by molar-refractivity contribution is 5.99. The van der Waals surface area contributed by atoms with Crippen LogP contribution in [0.1, 0.15) is 24.8 Å². The first-order chi connectivity index (χ1) is 17.0. The number of carbonyl (C=O) groups is 2. The molecular weight excluding hydrogens is 454 g/mol. The van der Waals surface area contributed by atoms with Crippen molar-refractivity contribution in [2.45, 2.75) is 26.4 Å². The summed E-state index contributed by atoms with van der Waals surface area (Å²) in [7, 11) is 4.53. The number of carbonyl (C=O) groups excluding carboxylic acids is 2. The van der Waals surface area contributed by atoms with E-state index in [1.807, 2.05) is 24.3 Å². The van der Waals surface area contributed by atoms with Crippen LogP contribution in [0.5, 0.6) is 17.2 Å². The molecule has 1 aliphatic rings. The first-order valence-electron chi connectivity index (χ1n) is 11.2. The molecule has 35 heavy (non-hydrogen) atoms. The van der Waals surface area contributed by atoms with Crippen LogP contribution >= 0.6 is 0 Å². The Bertz CT molecular complexity index is 1180. The van der Waals surface area contributed by atoms with Crippen LogP contribution in [0.2, 0.25) is 0 Å². The largest absolute Gasteiger partial charge is 0.493 e. The molecule has 1 amide bonds. The molecule has 1 aromatic heterocycles. The fourth-order valence-corrected chi connectivity index (χ4v) is 3.91. The highest BCUT2D eigenvalue weighted by atomic mass is 16.5. The second-order valence-corrected chi connectivity index (χ2v) is 7.95. The third-order valence-electron chi connectivity index (χ3n) is 5.83. The molecule has 0 N–H and O–H groups in total. The summed E-state index contributed by atoms with van der Waals surface area (Å²) in [6.07, 6.45) is 1.01. The molecule has 1 atom stereocenters. The van der Waals surface area contributed by atoms with Gasteiger partial charge in [-0.2, -0.15) is 0 Å². The Morgan fingerprint density at radius 3 is 2.34 bits per heavy atom. The Hall–Kier alpha value is -4.08. The lowest BCUT2D eigenvalue weighted by Gasteiger charge is -2.16. The van der Waals surface area contributed by atoms with Crippen molar-refractivity contribution in [1.29, 1.82) is 0 Å². The minimum Gasteiger partial charge on any atom is -0.493 e. The molecule has 1 fully saturated rings. The zero-order chi connectivity index (χ0) is 24.9. The molecule has 10 heteroatoms. The molecular formula is C25H27N3O7. The highest BCUT2D eigenvalue weighted by Gasteiger charge is 2.36. The number of aryl methyl sites for hydroxylation is 1. The fourth-order valence-electron chi connectivity index (χ4n) is 3.91. The second-order valence-electron chi connectivity index (χ2n) is 7.95. The van der Waals surface area contributed by atoms with Gasteiger partial charge in [0.25, 0.3) is 5.89 Å². The van der Waals surface area contributed by atoms with Crippen molar-refractivity contribution in [2.24, 2.45) is 5.92 Å². The zero-order valence-corrected chi connectivity index (χ0v) is 20.1. The maximum atomic E-state index is 12.6. The molecule has 0 saturated carbocycles. The summed E-state index contributed by atoms with van der Waals surface area (Å²) >= 11 is 0. The van der Waals surface area contributed by atoms with E-state index in [1.54, 1.807) is 17.0 Å². The molecule has 0 aliphatic carbocycles. The molecule has 2 heterocycles. The maximum absolute atomic E-state index is 12.6. The second kappa shape index (κ2) is 10.5. The van der Waals surface area contributed by atoms with E-state index in [-0.39, 0.29) is 37.3 Å². The van der Waals surface area contributed by atoms with Crippen LogP contribution in [0, 0.1) is 5.92 Å². The summed E-state index contributed by atoms with van der Waals surface area (Å²) in [5, 5.41) is 7.98.